The van der Waals surface area contributed by atoms with Crippen LogP contribution in [0.5, 0.6) is 5.75 Å². The van der Waals surface area contributed by atoms with Gasteiger partial charge in [-0.15, -0.1) is 5.10 Å². The van der Waals surface area contributed by atoms with Crippen molar-refractivity contribution in [2.45, 2.75) is 25.9 Å². The molecule has 10 heteroatoms. The minimum absolute atomic E-state index is 0.167. The van der Waals surface area contributed by atoms with E-state index >= 15 is 0 Å². The number of methoxy groups -OCH3 is 1. The summed E-state index contributed by atoms with van der Waals surface area (Å²) in [5, 5.41) is 14.8. The highest BCUT2D eigenvalue weighted by Crippen LogP contribution is 2.21. The number of morpholine rings is 1. The Morgan fingerprint density at radius 2 is 2.09 bits per heavy atom. The van der Waals surface area contributed by atoms with Crippen LogP contribution >= 0.6 is 0 Å². The first-order valence-electron chi connectivity index (χ1n) is 10.6. The molecule has 1 aliphatic rings. The Kier molecular flexibility index (Phi) is 6.90. The van der Waals surface area contributed by atoms with Crippen LogP contribution in [0.15, 0.2) is 42.6 Å². The van der Waals surface area contributed by atoms with E-state index in [-0.39, 0.29) is 5.91 Å². The number of tetrazole rings is 1. The quantitative estimate of drug-likeness (QED) is 0.562. The Labute approximate surface area is 186 Å². The van der Waals surface area contributed by atoms with E-state index in [4.69, 9.17) is 9.47 Å². The maximum atomic E-state index is 13.3. The molecular weight excluding hydrogens is 410 g/mol. The van der Waals surface area contributed by atoms with Gasteiger partial charge in [-0.3, -0.25) is 4.79 Å². The predicted molar refractivity (Wildman–Crippen MR) is 117 cm³/mol. The summed E-state index contributed by atoms with van der Waals surface area (Å²) in [7, 11) is 1.62. The highest BCUT2D eigenvalue weighted by molar-refractivity contribution is 5.80. The number of rotatable bonds is 8. The lowest BCUT2D eigenvalue weighted by molar-refractivity contribution is -0.124. The van der Waals surface area contributed by atoms with Crippen LogP contribution in [0.3, 0.4) is 0 Å². The van der Waals surface area contributed by atoms with E-state index in [1.165, 1.54) is 0 Å². The molecule has 1 saturated heterocycles. The zero-order valence-corrected chi connectivity index (χ0v) is 18.3. The van der Waals surface area contributed by atoms with Crippen molar-refractivity contribution in [3.05, 3.63) is 59.5 Å². The maximum Gasteiger partial charge on any atom is 0.245 e. The van der Waals surface area contributed by atoms with Gasteiger partial charge >= 0.3 is 0 Å². The second-order valence-electron chi connectivity index (χ2n) is 7.55. The third-order valence-electron chi connectivity index (χ3n) is 5.45. The number of pyridine rings is 1. The number of hydrogen-bond acceptors (Lipinski definition) is 8. The molecule has 2 aromatic heterocycles. The lowest BCUT2D eigenvalue weighted by Crippen LogP contribution is -2.38. The van der Waals surface area contributed by atoms with Gasteiger partial charge in [0.25, 0.3) is 0 Å². The van der Waals surface area contributed by atoms with Crippen LogP contribution in [-0.2, 0) is 22.5 Å². The number of carbonyl (C=O) groups excluding carboxylic acids is 1. The third kappa shape index (κ3) is 5.02. The van der Waals surface area contributed by atoms with Gasteiger partial charge in [0.1, 0.15) is 23.4 Å². The van der Waals surface area contributed by atoms with Gasteiger partial charge < -0.3 is 19.7 Å². The average molecular weight is 438 g/mol. The largest absolute Gasteiger partial charge is 0.497 e. The second kappa shape index (κ2) is 10.2. The summed E-state index contributed by atoms with van der Waals surface area (Å²) in [6.07, 6.45) is 2.20. The van der Waals surface area contributed by atoms with Crippen molar-refractivity contribution in [1.82, 2.24) is 30.5 Å². The lowest BCUT2D eigenvalue weighted by Gasteiger charge is -2.29. The van der Waals surface area contributed by atoms with Crippen molar-refractivity contribution in [2.75, 3.05) is 38.3 Å². The summed E-state index contributed by atoms with van der Waals surface area (Å²) in [4.78, 5) is 20.0. The fourth-order valence-corrected chi connectivity index (χ4v) is 3.77. The van der Waals surface area contributed by atoms with Crippen LogP contribution in [0.2, 0.25) is 0 Å². The number of nitrogens with one attached hydrogen (secondary N) is 1. The number of hydrogen-bond donors (Lipinski definition) is 1. The summed E-state index contributed by atoms with van der Waals surface area (Å²) in [6, 6.07) is 10.9. The molecule has 3 aromatic rings. The van der Waals surface area contributed by atoms with Gasteiger partial charge in [-0.1, -0.05) is 18.2 Å². The summed E-state index contributed by atoms with van der Waals surface area (Å²) < 4.78 is 12.3. The van der Waals surface area contributed by atoms with Crippen LogP contribution in [0.25, 0.3) is 0 Å². The first kappa shape index (κ1) is 21.7. The summed E-state index contributed by atoms with van der Waals surface area (Å²) >= 11 is 0. The topological polar surface area (TPSA) is 107 Å². The van der Waals surface area contributed by atoms with E-state index in [9.17, 15) is 4.79 Å². The molecule has 1 aromatic carbocycles. The highest BCUT2D eigenvalue weighted by atomic mass is 16.5. The molecular formula is C22H27N7O3. The Bertz CT molecular complexity index is 1050. The number of nitrogens with zero attached hydrogens (tertiary/aromatic N) is 6. The Balaban J connectivity index is 1.52. The fourth-order valence-electron chi connectivity index (χ4n) is 3.77. The van der Waals surface area contributed by atoms with E-state index in [2.05, 4.69) is 30.7 Å². The van der Waals surface area contributed by atoms with E-state index in [0.29, 0.717) is 32.0 Å². The van der Waals surface area contributed by atoms with Gasteiger partial charge in [-0.05, 0) is 41.1 Å². The number of benzene rings is 1. The molecule has 0 unspecified atom stereocenters. The number of anilines is 1. The summed E-state index contributed by atoms with van der Waals surface area (Å²) in [5.74, 6) is 2.02. The molecule has 1 atom stereocenters. The number of carbonyl (C=O) groups is 1. The molecule has 10 nitrogen and oxygen atoms in total. The predicted octanol–water partition coefficient (Wildman–Crippen LogP) is 1.32. The SMILES string of the molecule is COc1cccc(C[C@H](C(=O)NCc2cccnc2N2CCOCC2)n2nnnc2C)c1. The molecule has 32 heavy (non-hydrogen) atoms. The van der Waals surface area contributed by atoms with Crippen LogP contribution in [-0.4, -0.2) is 64.5 Å². The van der Waals surface area contributed by atoms with E-state index < -0.39 is 6.04 Å². The highest BCUT2D eigenvalue weighted by Gasteiger charge is 2.25. The molecule has 168 valence electrons. The molecule has 4 rings (SSSR count). The summed E-state index contributed by atoms with van der Waals surface area (Å²) in [6.45, 7) is 5.03. The molecule has 1 aliphatic heterocycles. The van der Waals surface area contributed by atoms with Crippen LogP contribution in [0.4, 0.5) is 5.82 Å². The van der Waals surface area contributed by atoms with Crippen molar-refractivity contribution in [1.29, 1.82) is 0 Å². The molecule has 1 N–H and O–H groups in total. The van der Waals surface area contributed by atoms with Crippen molar-refractivity contribution >= 4 is 11.7 Å². The summed E-state index contributed by atoms with van der Waals surface area (Å²) in [5.41, 5.74) is 1.91. The molecule has 3 heterocycles. The molecule has 0 spiro atoms. The van der Waals surface area contributed by atoms with Gasteiger partial charge in [0, 0.05) is 37.8 Å². The Hall–Kier alpha value is -3.53. The molecule has 0 bridgehead atoms. The molecule has 0 radical (unpaired) electrons. The third-order valence-corrected chi connectivity index (χ3v) is 5.45. The maximum absolute atomic E-state index is 13.3. The smallest absolute Gasteiger partial charge is 0.245 e. The van der Waals surface area contributed by atoms with Gasteiger partial charge in [0.05, 0.1) is 20.3 Å². The number of aromatic nitrogens is 5. The van der Waals surface area contributed by atoms with Crippen molar-refractivity contribution in [3.63, 3.8) is 0 Å². The van der Waals surface area contributed by atoms with E-state index in [1.54, 1.807) is 24.9 Å². The van der Waals surface area contributed by atoms with Gasteiger partial charge in [0.2, 0.25) is 5.91 Å². The zero-order chi connectivity index (χ0) is 22.3. The fraction of sp³-hybridized carbons (Fsp3) is 0.409. The van der Waals surface area contributed by atoms with Gasteiger partial charge in [0.15, 0.2) is 0 Å². The Morgan fingerprint density at radius 3 is 2.84 bits per heavy atom. The van der Waals surface area contributed by atoms with Crippen LogP contribution < -0.4 is 15.0 Å². The van der Waals surface area contributed by atoms with Crippen LogP contribution in [0, 0.1) is 6.92 Å². The monoisotopic (exact) mass is 437 g/mol. The van der Waals surface area contributed by atoms with E-state index in [1.807, 2.05) is 36.4 Å². The van der Waals surface area contributed by atoms with Crippen molar-refractivity contribution < 1.29 is 14.3 Å². The van der Waals surface area contributed by atoms with E-state index in [0.717, 1.165) is 35.8 Å². The first-order chi connectivity index (χ1) is 15.7. The second-order valence-corrected chi connectivity index (χ2v) is 7.55. The number of amides is 1. The van der Waals surface area contributed by atoms with Crippen molar-refractivity contribution in [2.24, 2.45) is 0 Å². The van der Waals surface area contributed by atoms with Crippen LogP contribution in [0.1, 0.15) is 23.0 Å². The Morgan fingerprint density at radius 1 is 1.25 bits per heavy atom. The number of aryl methyl sites for hydroxylation is 1. The molecule has 0 saturated carbocycles. The van der Waals surface area contributed by atoms with Gasteiger partial charge in [-0.25, -0.2) is 9.67 Å². The minimum atomic E-state index is -0.597. The normalized spacial score (nSPS) is 14.8. The van der Waals surface area contributed by atoms with Gasteiger partial charge in [-0.2, -0.15) is 0 Å². The standard InChI is InChI=1S/C22H27N7O3/c1-16-25-26-27-29(16)20(14-17-5-3-7-19(13-17)31-2)22(30)24-15-18-6-4-8-23-21(18)28-9-11-32-12-10-28/h3-8,13,20H,9-12,14-15H2,1-2H3,(H,24,30)/t20-/m1/s1. The molecule has 1 fully saturated rings. The van der Waals surface area contributed by atoms with Crippen molar-refractivity contribution in [3.8, 4) is 5.75 Å². The minimum Gasteiger partial charge on any atom is -0.497 e. The average Bonchev–Trinajstić information content (AvgIpc) is 3.27. The zero-order valence-electron chi connectivity index (χ0n) is 18.3. The molecule has 0 aliphatic carbocycles. The lowest BCUT2D eigenvalue weighted by atomic mass is 10.0. The number of ether oxygens (including phenoxy) is 2. The first-order valence-corrected chi connectivity index (χ1v) is 10.6. The molecule has 1 amide bonds.